The van der Waals surface area contributed by atoms with Gasteiger partial charge in [0.05, 0.1) is 11.5 Å². The van der Waals surface area contributed by atoms with Crippen LogP contribution in [0.2, 0.25) is 0 Å². The standard InChI is InChI=1S/C30H48O3/c1-18(2)19-10-15-30(25(32)33)17-16-28(6)20(24(19)30)8-9-22-27(5)13-12-23(31)26(3,4)21(27)11-14-29(22,28)7/h19-24,31H,1,8-17H2,2-7H3,(H,32,33)/t19?,20?,21?,22?,23?,24?,27-,28+,29+,30-/m0/s1. The van der Waals surface area contributed by atoms with Crippen molar-refractivity contribution >= 4 is 5.97 Å². The minimum Gasteiger partial charge on any atom is -0.481 e. The van der Waals surface area contributed by atoms with Crippen molar-refractivity contribution in [3.8, 4) is 0 Å². The Kier molecular flexibility index (Phi) is 5.15. The molecule has 10 atom stereocenters. The highest BCUT2D eigenvalue weighted by Gasteiger charge is 2.71. The van der Waals surface area contributed by atoms with E-state index >= 15 is 0 Å². The molecule has 0 heterocycles. The Hall–Kier alpha value is -0.830. The van der Waals surface area contributed by atoms with E-state index < -0.39 is 11.4 Å². The molecule has 0 radical (unpaired) electrons. The molecule has 2 N–H and O–H groups in total. The predicted molar refractivity (Wildman–Crippen MR) is 133 cm³/mol. The van der Waals surface area contributed by atoms with Crippen molar-refractivity contribution in [3.63, 3.8) is 0 Å². The molecule has 6 unspecified atom stereocenters. The fourth-order valence-corrected chi connectivity index (χ4v) is 11.5. The molecular weight excluding hydrogens is 408 g/mol. The van der Waals surface area contributed by atoms with Crippen LogP contribution < -0.4 is 0 Å². The Labute approximate surface area is 201 Å². The normalized spacial score (nSPS) is 55.0. The zero-order valence-electron chi connectivity index (χ0n) is 22.0. The summed E-state index contributed by atoms with van der Waals surface area (Å²) < 4.78 is 0. The number of fused-ring (bicyclic) bond motifs is 7. The molecule has 3 heteroatoms. The molecule has 0 aromatic rings. The van der Waals surface area contributed by atoms with Crippen LogP contribution in [-0.2, 0) is 4.79 Å². The largest absolute Gasteiger partial charge is 0.481 e. The zero-order valence-corrected chi connectivity index (χ0v) is 22.0. The summed E-state index contributed by atoms with van der Waals surface area (Å²) in [5, 5.41) is 21.4. The number of aliphatic hydroxyl groups excluding tert-OH is 1. The van der Waals surface area contributed by atoms with E-state index in [-0.39, 0.29) is 33.7 Å². The lowest BCUT2D eigenvalue weighted by atomic mass is 9.32. The highest BCUT2D eigenvalue weighted by atomic mass is 16.4. The van der Waals surface area contributed by atoms with E-state index in [0.717, 1.165) is 38.5 Å². The molecule has 5 rings (SSSR count). The maximum absolute atomic E-state index is 12.8. The average Bonchev–Trinajstić information content (AvgIpc) is 3.13. The van der Waals surface area contributed by atoms with Crippen molar-refractivity contribution in [3.05, 3.63) is 12.2 Å². The van der Waals surface area contributed by atoms with Gasteiger partial charge in [-0.1, -0.05) is 46.8 Å². The Morgan fingerprint density at radius 3 is 2.15 bits per heavy atom. The molecule has 5 saturated carbocycles. The van der Waals surface area contributed by atoms with Crippen LogP contribution in [0.1, 0.15) is 106 Å². The van der Waals surface area contributed by atoms with Gasteiger partial charge in [0.1, 0.15) is 0 Å². The van der Waals surface area contributed by atoms with Crippen LogP contribution in [0.15, 0.2) is 12.2 Å². The average molecular weight is 457 g/mol. The zero-order chi connectivity index (χ0) is 24.2. The lowest BCUT2D eigenvalue weighted by Crippen LogP contribution is -2.67. The lowest BCUT2D eigenvalue weighted by Gasteiger charge is -2.72. The van der Waals surface area contributed by atoms with Gasteiger partial charge in [-0.3, -0.25) is 4.79 Å². The summed E-state index contributed by atoms with van der Waals surface area (Å²) in [5.74, 6) is 1.79. The van der Waals surface area contributed by atoms with Gasteiger partial charge >= 0.3 is 5.97 Å². The first kappa shape index (κ1) is 23.9. The van der Waals surface area contributed by atoms with Gasteiger partial charge in [-0.05, 0) is 122 Å². The Bertz CT molecular complexity index is 861. The van der Waals surface area contributed by atoms with Crippen LogP contribution in [0.3, 0.4) is 0 Å². The van der Waals surface area contributed by atoms with Gasteiger partial charge < -0.3 is 10.2 Å². The highest BCUT2D eigenvalue weighted by Crippen LogP contribution is 2.77. The molecule has 5 fully saturated rings. The Morgan fingerprint density at radius 1 is 0.818 bits per heavy atom. The van der Waals surface area contributed by atoms with E-state index in [1.807, 2.05) is 0 Å². The van der Waals surface area contributed by atoms with Gasteiger partial charge in [-0.15, -0.1) is 0 Å². The third-order valence-corrected chi connectivity index (χ3v) is 13.5. The van der Waals surface area contributed by atoms with Crippen LogP contribution in [-0.4, -0.2) is 22.3 Å². The van der Waals surface area contributed by atoms with Gasteiger partial charge in [0.25, 0.3) is 0 Å². The van der Waals surface area contributed by atoms with E-state index in [1.54, 1.807) is 0 Å². The molecule has 0 spiro atoms. The third kappa shape index (κ3) is 2.75. The fraction of sp³-hybridized carbons (Fsp3) is 0.900. The van der Waals surface area contributed by atoms with Crippen LogP contribution in [0, 0.1) is 56.7 Å². The summed E-state index contributed by atoms with van der Waals surface area (Å²) in [6.45, 7) is 18.8. The van der Waals surface area contributed by atoms with Crippen molar-refractivity contribution in [1.29, 1.82) is 0 Å². The second kappa shape index (κ2) is 7.11. The summed E-state index contributed by atoms with van der Waals surface area (Å²) in [7, 11) is 0. The van der Waals surface area contributed by atoms with Gasteiger partial charge in [0, 0.05) is 0 Å². The number of aliphatic carboxylic acids is 1. The molecule has 0 aromatic carbocycles. The second-order valence-corrected chi connectivity index (χ2v) is 14.5. The number of allylic oxidation sites excluding steroid dienone is 1. The third-order valence-electron chi connectivity index (χ3n) is 13.5. The topological polar surface area (TPSA) is 57.5 Å². The first-order chi connectivity index (χ1) is 15.3. The van der Waals surface area contributed by atoms with Crippen LogP contribution >= 0.6 is 0 Å². The molecule has 5 aliphatic carbocycles. The fourth-order valence-electron chi connectivity index (χ4n) is 11.5. The smallest absolute Gasteiger partial charge is 0.309 e. The lowest BCUT2D eigenvalue weighted by molar-refractivity contribution is -0.248. The summed E-state index contributed by atoms with van der Waals surface area (Å²) >= 11 is 0. The molecule has 0 saturated heterocycles. The molecule has 0 aromatic heterocycles. The van der Waals surface area contributed by atoms with E-state index in [1.165, 1.54) is 31.3 Å². The minimum atomic E-state index is -0.538. The number of aliphatic hydroxyl groups is 1. The Balaban J connectivity index is 1.57. The second-order valence-electron chi connectivity index (χ2n) is 14.5. The molecule has 0 amide bonds. The molecular formula is C30H48O3. The quantitative estimate of drug-likeness (QED) is 0.436. The molecule has 33 heavy (non-hydrogen) atoms. The van der Waals surface area contributed by atoms with Crippen molar-refractivity contribution in [1.82, 2.24) is 0 Å². The van der Waals surface area contributed by atoms with E-state index in [2.05, 4.69) is 48.1 Å². The molecule has 3 nitrogen and oxygen atoms in total. The number of hydrogen-bond acceptors (Lipinski definition) is 2. The van der Waals surface area contributed by atoms with Crippen molar-refractivity contribution < 1.29 is 15.0 Å². The molecule has 0 aliphatic heterocycles. The van der Waals surface area contributed by atoms with Crippen molar-refractivity contribution in [2.24, 2.45) is 56.7 Å². The molecule has 5 aliphatic rings. The number of carbonyl (C=O) groups is 1. The maximum atomic E-state index is 12.8. The monoisotopic (exact) mass is 456 g/mol. The van der Waals surface area contributed by atoms with Crippen molar-refractivity contribution in [2.45, 2.75) is 112 Å². The first-order valence-electron chi connectivity index (χ1n) is 13.8. The van der Waals surface area contributed by atoms with E-state index in [9.17, 15) is 15.0 Å². The maximum Gasteiger partial charge on any atom is 0.309 e. The van der Waals surface area contributed by atoms with Crippen molar-refractivity contribution in [2.75, 3.05) is 0 Å². The molecule has 186 valence electrons. The van der Waals surface area contributed by atoms with Crippen LogP contribution in [0.25, 0.3) is 0 Å². The van der Waals surface area contributed by atoms with Gasteiger partial charge in [-0.25, -0.2) is 0 Å². The summed E-state index contributed by atoms with van der Waals surface area (Å²) in [5.41, 5.74) is 1.35. The number of carboxylic acids is 1. The highest BCUT2D eigenvalue weighted by molar-refractivity contribution is 5.76. The van der Waals surface area contributed by atoms with E-state index in [0.29, 0.717) is 23.7 Å². The van der Waals surface area contributed by atoms with Crippen LogP contribution in [0.4, 0.5) is 0 Å². The van der Waals surface area contributed by atoms with Gasteiger partial charge in [-0.2, -0.15) is 0 Å². The Morgan fingerprint density at radius 2 is 1.52 bits per heavy atom. The number of hydrogen-bond donors (Lipinski definition) is 2. The number of rotatable bonds is 2. The molecule has 0 bridgehead atoms. The SMILES string of the molecule is C=C(C)C1CC[C@]2(C(=O)O)CC[C@]3(C)C(CCC4[C@@]5(C)CCC(O)C(C)(C)C5CC[C@]43C)C12. The first-order valence-corrected chi connectivity index (χ1v) is 13.8. The summed E-state index contributed by atoms with van der Waals surface area (Å²) in [6.07, 6.45) is 10.5. The summed E-state index contributed by atoms with van der Waals surface area (Å²) in [4.78, 5) is 12.8. The summed E-state index contributed by atoms with van der Waals surface area (Å²) in [6, 6.07) is 0. The number of carboxylic acid groups (broad SMARTS) is 1. The predicted octanol–water partition coefficient (Wildman–Crippen LogP) is 7.09. The van der Waals surface area contributed by atoms with E-state index in [4.69, 9.17) is 0 Å². The van der Waals surface area contributed by atoms with Gasteiger partial charge in [0.2, 0.25) is 0 Å². The minimum absolute atomic E-state index is 0.0202. The van der Waals surface area contributed by atoms with Gasteiger partial charge in [0.15, 0.2) is 0 Å². The van der Waals surface area contributed by atoms with Crippen LogP contribution in [0.5, 0.6) is 0 Å².